The van der Waals surface area contributed by atoms with E-state index in [2.05, 4.69) is 15.3 Å². The number of nitrogens with zero attached hydrogens (tertiary/aromatic N) is 2. The molecule has 0 unspecified atom stereocenters. The van der Waals surface area contributed by atoms with E-state index in [0.29, 0.717) is 35.4 Å². The van der Waals surface area contributed by atoms with Crippen molar-refractivity contribution in [2.45, 2.75) is 13.0 Å². The number of halogens is 2. The van der Waals surface area contributed by atoms with E-state index in [9.17, 15) is 4.39 Å². The molecule has 0 amide bonds. The first-order valence-corrected chi connectivity index (χ1v) is 6.67. The van der Waals surface area contributed by atoms with Crippen LogP contribution in [0.5, 0.6) is 0 Å². The first-order chi connectivity index (χ1) is 9.67. The third kappa shape index (κ3) is 2.46. The fraction of sp³-hybridized carbons (Fsp3) is 0.286. The van der Waals surface area contributed by atoms with Crippen LogP contribution in [-0.4, -0.2) is 23.6 Å². The standard InChI is InChI=1S/C14H13ClFN3O/c1-17-14-11-7-20-3-2-12(11)18-13(19-14)8-4-9(15)6-10(16)5-8/h4-6H,2-3,7H2,1H3,(H,17,18,19). The lowest BCUT2D eigenvalue weighted by molar-refractivity contribution is 0.109. The Bertz CT molecular complexity index is 626. The molecular weight excluding hydrogens is 281 g/mol. The van der Waals surface area contributed by atoms with Gasteiger partial charge in [-0.25, -0.2) is 14.4 Å². The monoisotopic (exact) mass is 293 g/mol. The van der Waals surface area contributed by atoms with E-state index in [4.69, 9.17) is 16.3 Å². The Balaban J connectivity index is 2.14. The zero-order chi connectivity index (χ0) is 14.1. The number of aromatic nitrogens is 2. The van der Waals surface area contributed by atoms with Crippen LogP contribution >= 0.6 is 11.6 Å². The van der Waals surface area contributed by atoms with E-state index in [1.165, 1.54) is 12.1 Å². The molecule has 3 rings (SSSR count). The van der Waals surface area contributed by atoms with Gasteiger partial charge in [0, 0.05) is 29.6 Å². The maximum atomic E-state index is 13.5. The van der Waals surface area contributed by atoms with Crippen LogP contribution in [0.15, 0.2) is 18.2 Å². The second-order valence-electron chi connectivity index (χ2n) is 4.53. The minimum atomic E-state index is -0.400. The molecule has 0 atom stereocenters. The summed E-state index contributed by atoms with van der Waals surface area (Å²) in [4.78, 5) is 8.95. The highest BCUT2D eigenvalue weighted by Gasteiger charge is 2.18. The number of rotatable bonds is 2. The van der Waals surface area contributed by atoms with Crippen molar-refractivity contribution in [3.8, 4) is 11.4 Å². The minimum absolute atomic E-state index is 0.329. The van der Waals surface area contributed by atoms with Gasteiger partial charge in [-0.15, -0.1) is 0 Å². The Morgan fingerprint density at radius 2 is 2.15 bits per heavy atom. The maximum absolute atomic E-state index is 13.5. The molecule has 0 saturated carbocycles. The summed E-state index contributed by atoms with van der Waals surface area (Å²) in [6, 6.07) is 4.30. The van der Waals surface area contributed by atoms with Crippen LogP contribution in [-0.2, 0) is 17.8 Å². The van der Waals surface area contributed by atoms with Crippen molar-refractivity contribution in [3.05, 3.63) is 40.3 Å². The van der Waals surface area contributed by atoms with Crippen molar-refractivity contribution < 1.29 is 9.13 Å². The average Bonchev–Trinajstić information content (AvgIpc) is 2.45. The quantitative estimate of drug-likeness (QED) is 0.924. The molecule has 0 fully saturated rings. The Morgan fingerprint density at radius 1 is 1.30 bits per heavy atom. The van der Waals surface area contributed by atoms with Crippen molar-refractivity contribution >= 4 is 17.4 Å². The van der Waals surface area contributed by atoms with Gasteiger partial charge >= 0.3 is 0 Å². The van der Waals surface area contributed by atoms with Crippen molar-refractivity contribution in [3.63, 3.8) is 0 Å². The summed E-state index contributed by atoms with van der Waals surface area (Å²) in [5.74, 6) is 0.782. The van der Waals surface area contributed by atoms with Gasteiger partial charge in [0.15, 0.2) is 5.82 Å². The van der Waals surface area contributed by atoms with Gasteiger partial charge in [-0.3, -0.25) is 0 Å². The number of ether oxygens (including phenoxy) is 1. The Hall–Kier alpha value is -1.72. The van der Waals surface area contributed by atoms with Crippen molar-refractivity contribution in [1.29, 1.82) is 0 Å². The molecule has 1 aliphatic heterocycles. The van der Waals surface area contributed by atoms with Crippen LogP contribution in [0.1, 0.15) is 11.3 Å². The van der Waals surface area contributed by atoms with E-state index in [1.807, 2.05) is 0 Å². The lowest BCUT2D eigenvalue weighted by Gasteiger charge is -2.19. The van der Waals surface area contributed by atoms with Crippen LogP contribution in [0.4, 0.5) is 10.2 Å². The first kappa shape index (κ1) is 13.3. The largest absolute Gasteiger partial charge is 0.376 e. The van der Waals surface area contributed by atoms with E-state index < -0.39 is 5.82 Å². The lowest BCUT2D eigenvalue weighted by atomic mass is 10.1. The smallest absolute Gasteiger partial charge is 0.161 e. The Labute approximate surface area is 121 Å². The van der Waals surface area contributed by atoms with E-state index in [-0.39, 0.29) is 0 Å². The fourth-order valence-corrected chi connectivity index (χ4v) is 2.47. The summed E-state index contributed by atoms with van der Waals surface area (Å²) in [5.41, 5.74) is 2.47. The van der Waals surface area contributed by atoms with Crippen molar-refractivity contribution in [2.75, 3.05) is 19.0 Å². The molecule has 0 saturated heterocycles. The maximum Gasteiger partial charge on any atom is 0.161 e. The van der Waals surface area contributed by atoms with Gasteiger partial charge in [0.05, 0.1) is 18.9 Å². The molecule has 4 nitrogen and oxygen atoms in total. The van der Waals surface area contributed by atoms with Gasteiger partial charge in [-0.2, -0.15) is 0 Å². The zero-order valence-electron chi connectivity index (χ0n) is 10.9. The molecule has 1 N–H and O–H groups in total. The summed E-state index contributed by atoms with van der Waals surface area (Å²) in [6.45, 7) is 1.13. The average molecular weight is 294 g/mol. The third-order valence-electron chi connectivity index (χ3n) is 3.18. The van der Waals surface area contributed by atoms with Crippen LogP contribution in [0, 0.1) is 5.82 Å². The van der Waals surface area contributed by atoms with E-state index in [1.54, 1.807) is 13.1 Å². The molecule has 0 radical (unpaired) electrons. The SMILES string of the molecule is CNc1nc(-c2cc(F)cc(Cl)c2)nc2c1COCC2. The van der Waals surface area contributed by atoms with Crippen LogP contribution in [0.2, 0.25) is 5.02 Å². The van der Waals surface area contributed by atoms with Crippen LogP contribution in [0.25, 0.3) is 11.4 Å². The molecule has 2 aromatic rings. The molecule has 1 aromatic heterocycles. The van der Waals surface area contributed by atoms with Gasteiger partial charge in [-0.1, -0.05) is 11.6 Å². The molecule has 0 aliphatic carbocycles. The summed E-state index contributed by atoms with van der Waals surface area (Å²) < 4.78 is 18.9. The van der Waals surface area contributed by atoms with Crippen LogP contribution in [0.3, 0.4) is 0 Å². The number of benzene rings is 1. The molecule has 20 heavy (non-hydrogen) atoms. The number of fused-ring (bicyclic) bond motifs is 1. The summed E-state index contributed by atoms with van der Waals surface area (Å²) in [6.07, 6.45) is 0.725. The Morgan fingerprint density at radius 3 is 2.90 bits per heavy atom. The van der Waals surface area contributed by atoms with E-state index in [0.717, 1.165) is 17.7 Å². The van der Waals surface area contributed by atoms with Gasteiger partial charge in [0.2, 0.25) is 0 Å². The molecule has 6 heteroatoms. The zero-order valence-corrected chi connectivity index (χ0v) is 11.7. The lowest BCUT2D eigenvalue weighted by Crippen LogP contribution is -2.16. The number of hydrogen-bond donors (Lipinski definition) is 1. The fourth-order valence-electron chi connectivity index (χ4n) is 2.25. The van der Waals surface area contributed by atoms with Gasteiger partial charge in [-0.05, 0) is 18.2 Å². The van der Waals surface area contributed by atoms with Crippen LogP contribution < -0.4 is 5.32 Å². The minimum Gasteiger partial charge on any atom is -0.376 e. The van der Waals surface area contributed by atoms with Crippen molar-refractivity contribution in [2.24, 2.45) is 0 Å². The molecule has 0 spiro atoms. The molecule has 1 aromatic carbocycles. The molecule has 0 bridgehead atoms. The number of hydrogen-bond acceptors (Lipinski definition) is 4. The molecule has 104 valence electrons. The van der Waals surface area contributed by atoms with Crippen molar-refractivity contribution in [1.82, 2.24) is 9.97 Å². The predicted molar refractivity (Wildman–Crippen MR) is 75.3 cm³/mol. The highest BCUT2D eigenvalue weighted by atomic mass is 35.5. The first-order valence-electron chi connectivity index (χ1n) is 6.29. The highest BCUT2D eigenvalue weighted by Crippen LogP contribution is 2.27. The summed E-state index contributed by atoms with van der Waals surface area (Å²) >= 11 is 5.89. The normalized spacial score (nSPS) is 13.9. The molecular formula is C14H13ClFN3O. The number of anilines is 1. The summed E-state index contributed by atoms with van der Waals surface area (Å²) in [5, 5.41) is 3.37. The van der Waals surface area contributed by atoms with Gasteiger partial charge < -0.3 is 10.1 Å². The second-order valence-corrected chi connectivity index (χ2v) is 4.97. The highest BCUT2D eigenvalue weighted by molar-refractivity contribution is 6.30. The van der Waals surface area contributed by atoms with Gasteiger partial charge in [0.25, 0.3) is 0 Å². The predicted octanol–water partition coefficient (Wildman–Crippen LogP) is 3.05. The number of nitrogens with one attached hydrogen (secondary N) is 1. The molecule has 2 heterocycles. The molecule has 1 aliphatic rings. The topological polar surface area (TPSA) is 47.0 Å². The van der Waals surface area contributed by atoms with Gasteiger partial charge in [0.1, 0.15) is 11.6 Å². The third-order valence-corrected chi connectivity index (χ3v) is 3.40. The van der Waals surface area contributed by atoms with E-state index >= 15 is 0 Å². The summed E-state index contributed by atoms with van der Waals surface area (Å²) in [7, 11) is 1.79. The Kier molecular flexibility index (Phi) is 3.54. The second kappa shape index (κ2) is 5.34.